The zero-order valence-corrected chi connectivity index (χ0v) is 11.5. The van der Waals surface area contributed by atoms with E-state index in [0.717, 1.165) is 5.56 Å². The molecule has 2 rings (SSSR count). The third-order valence-corrected chi connectivity index (χ3v) is 3.52. The highest BCUT2D eigenvalue weighted by Crippen LogP contribution is 2.17. The molecular weight excluding hydrogens is 268 g/mol. The Morgan fingerprint density at radius 2 is 2.24 bits per heavy atom. The molecule has 0 bridgehead atoms. The van der Waals surface area contributed by atoms with Crippen LogP contribution in [0.25, 0.3) is 6.08 Å². The van der Waals surface area contributed by atoms with Crippen LogP contribution < -0.4 is 0 Å². The highest BCUT2D eigenvalue weighted by atomic mass is 16.4. The first kappa shape index (κ1) is 14.8. The molecule has 0 aliphatic carbocycles. The van der Waals surface area contributed by atoms with Crippen molar-refractivity contribution in [3.8, 4) is 6.07 Å². The Bertz CT molecular complexity index is 616. The van der Waals surface area contributed by atoms with E-state index in [1.54, 1.807) is 35.2 Å². The summed E-state index contributed by atoms with van der Waals surface area (Å²) in [7, 11) is 0. The minimum absolute atomic E-state index is 0.191. The van der Waals surface area contributed by atoms with Crippen LogP contribution in [0.5, 0.6) is 0 Å². The number of rotatable bonds is 3. The maximum Gasteiger partial charge on any atom is 0.308 e. The van der Waals surface area contributed by atoms with Crippen molar-refractivity contribution in [2.45, 2.75) is 12.8 Å². The fourth-order valence-electron chi connectivity index (χ4n) is 2.36. The van der Waals surface area contributed by atoms with Crippen LogP contribution in [0.1, 0.15) is 24.0 Å². The minimum Gasteiger partial charge on any atom is -0.481 e. The lowest BCUT2D eigenvalue weighted by atomic mass is 9.98. The van der Waals surface area contributed by atoms with Gasteiger partial charge in [-0.2, -0.15) is 5.26 Å². The molecule has 5 nitrogen and oxygen atoms in total. The monoisotopic (exact) mass is 284 g/mol. The largest absolute Gasteiger partial charge is 0.481 e. The molecule has 5 heteroatoms. The van der Waals surface area contributed by atoms with E-state index in [2.05, 4.69) is 0 Å². The Hall–Kier alpha value is -2.61. The van der Waals surface area contributed by atoms with Crippen molar-refractivity contribution in [2.24, 2.45) is 5.92 Å². The molecule has 1 amide bonds. The lowest BCUT2D eigenvalue weighted by molar-refractivity contribution is -0.144. The number of nitriles is 1. The van der Waals surface area contributed by atoms with Crippen LogP contribution in [-0.4, -0.2) is 35.0 Å². The molecule has 0 unspecified atom stereocenters. The smallest absolute Gasteiger partial charge is 0.308 e. The van der Waals surface area contributed by atoms with Gasteiger partial charge in [-0.25, -0.2) is 0 Å². The summed E-state index contributed by atoms with van der Waals surface area (Å²) in [6, 6.07) is 8.99. The number of aliphatic carboxylic acids is 1. The fourth-order valence-corrected chi connectivity index (χ4v) is 2.36. The average Bonchev–Trinajstić information content (AvgIpc) is 2.53. The molecule has 1 fully saturated rings. The molecule has 1 saturated heterocycles. The number of likely N-dealkylation sites (tertiary alicyclic amines) is 1. The van der Waals surface area contributed by atoms with Gasteiger partial charge >= 0.3 is 5.97 Å². The summed E-state index contributed by atoms with van der Waals surface area (Å²) in [5.41, 5.74) is 1.31. The molecule has 1 aliphatic heterocycles. The van der Waals surface area contributed by atoms with Crippen molar-refractivity contribution >= 4 is 18.0 Å². The Morgan fingerprint density at radius 3 is 2.95 bits per heavy atom. The van der Waals surface area contributed by atoms with Crippen LogP contribution in [0.3, 0.4) is 0 Å². The SMILES string of the molecule is N#Cc1cccc(/C=C/C(=O)N2CCC[C@H](C(=O)O)C2)c1. The molecular formula is C16H16N2O3. The molecule has 0 radical (unpaired) electrons. The zero-order chi connectivity index (χ0) is 15.2. The number of hydrogen-bond donors (Lipinski definition) is 1. The van der Waals surface area contributed by atoms with Gasteiger partial charge in [-0.15, -0.1) is 0 Å². The van der Waals surface area contributed by atoms with Gasteiger partial charge in [0.2, 0.25) is 5.91 Å². The minimum atomic E-state index is -0.849. The van der Waals surface area contributed by atoms with Crippen molar-refractivity contribution in [1.82, 2.24) is 4.90 Å². The van der Waals surface area contributed by atoms with Gasteiger partial charge in [-0.05, 0) is 36.6 Å². The molecule has 0 spiro atoms. The van der Waals surface area contributed by atoms with Gasteiger partial charge in [-0.1, -0.05) is 12.1 Å². The molecule has 21 heavy (non-hydrogen) atoms. The fraction of sp³-hybridized carbons (Fsp3) is 0.312. The summed E-state index contributed by atoms with van der Waals surface area (Å²) >= 11 is 0. The molecule has 0 saturated carbocycles. The van der Waals surface area contributed by atoms with Crippen LogP contribution in [-0.2, 0) is 9.59 Å². The maximum atomic E-state index is 12.1. The summed E-state index contributed by atoms with van der Waals surface area (Å²) in [4.78, 5) is 24.6. The van der Waals surface area contributed by atoms with Crippen LogP contribution in [0.2, 0.25) is 0 Å². The molecule has 1 aliphatic rings. The van der Waals surface area contributed by atoms with Gasteiger partial charge in [0.25, 0.3) is 0 Å². The molecule has 0 aromatic heterocycles. The van der Waals surface area contributed by atoms with E-state index in [1.165, 1.54) is 6.08 Å². The number of amides is 1. The average molecular weight is 284 g/mol. The van der Waals surface area contributed by atoms with E-state index < -0.39 is 11.9 Å². The van der Waals surface area contributed by atoms with Gasteiger partial charge in [-0.3, -0.25) is 9.59 Å². The molecule has 1 aromatic carbocycles. The predicted molar refractivity (Wildman–Crippen MR) is 77.1 cm³/mol. The second kappa shape index (κ2) is 6.71. The van der Waals surface area contributed by atoms with E-state index in [-0.39, 0.29) is 12.5 Å². The highest BCUT2D eigenvalue weighted by Gasteiger charge is 2.26. The number of benzene rings is 1. The molecule has 1 aromatic rings. The number of carbonyl (C=O) groups is 2. The zero-order valence-electron chi connectivity index (χ0n) is 11.5. The highest BCUT2D eigenvalue weighted by molar-refractivity contribution is 5.92. The van der Waals surface area contributed by atoms with E-state index in [1.807, 2.05) is 6.07 Å². The van der Waals surface area contributed by atoms with Crippen LogP contribution in [0.15, 0.2) is 30.3 Å². The van der Waals surface area contributed by atoms with Crippen LogP contribution in [0.4, 0.5) is 0 Å². The number of nitrogens with zero attached hydrogens (tertiary/aromatic N) is 2. The summed E-state index contributed by atoms with van der Waals surface area (Å²) in [6.45, 7) is 0.849. The van der Waals surface area contributed by atoms with Gasteiger partial charge in [0.15, 0.2) is 0 Å². The molecule has 1 atom stereocenters. The quantitative estimate of drug-likeness (QED) is 0.859. The maximum absolute atomic E-state index is 12.1. The standard InChI is InChI=1S/C16H16N2O3/c17-10-13-4-1-3-12(9-13)6-7-15(19)18-8-2-5-14(11-18)16(20)21/h1,3-4,6-7,9,14H,2,5,8,11H2,(H,20,21)/b7-6+/t14-/m0/s1. The third-order valence-electron chi connectivity index (χ3n) is 3.52. The summed E-state index contributed by atoms with van der Waals surface area (Å²) in [6.07, 6.45) is 4.40. The van der Waals surface area contributed by atoms with Crippen LogP contribution >= 0.6 is 0 Å². The van der Waals surface area contributed by atoms with Crippen molar-refractivity contribution in [2.75, 3.05) is 13.1 Å². The van der Waals surface area contributed by atoms with Crippen LogP contribution in [0, 0.1) is 17.2 Å². The Morgan fingerprint density at radius 1 is 1.43 bits per heavy atom. The number of hydrogen-bond acceptors (Lipinski definition) is 3. The topological polar surface area (TPSA) is 81.4 Å². The third kappa shape index (κ3) is 3.93. The van der Waals surface area contributed by atoms with E-state index in [9.17, 15) is 9.59 Å². The molecule has 1 N–H and O–H groups in total. The first-order chi connectivity index (χ1) is 10.1. The summed E-state index contributed by atoms with van der Waals surface area (Å²) in [5, 5.41) is 17.8. The first-order valence-electron chi connectivity index (χ1n) is 6.80. The number of carboxylic acids is 1. The summed E-state index contributed by atoms with van der Waals surface area (Å²) < 4.78 is 0. The lowest BCUT2D eigenvalue weighted by Gasteiger charge is -2.29. The second-order valence-corrected chi connectivity index (χ2v) is 5.03. The van der Waals surface area contributed by atoms with Crippen molar-refractivity contribution in [1.29, 1.82) is 5.26 Å². The van der Waals surface area contributed by atoms with Gasteiger partial charge in [0.1, 0.15) is 0 Å². The van der Waals surface area contributed by atoms with Gasteiger partial charge < -0.3 is 10.0 Å². The normalized spacial score (nSPS) is 18.4. The lowest BCUT2D eigenvalue weighted by Crippen LogP contribution is -2.41. The molecule has 1 heterocycles. The summed E-state index contributed by atoms with van der Waals surface area (Å²) in [5.74, 6) is -1.51. The van der Waals surface area contributed by atoms with Crippen molar-refractivity contribution < 1.29 is 14.7 Å². The Kier molecular flexibility index (Phi) is 4.72. The molecule has 108 valence electrons. The number of carboxylic acid groups (broad SMARTS) is 1. The van der Waals surface area contributed by atoms with E-state index in [0.29, 0.717) is 24.9 Å². The first-order valence-corrected chi connectivity index (χ1v) is 6.80. The second-order valence-electron chi connectivity index (χ2n) is 5.03. The van der Waals surface area contributed by atoms with E-state index >= 15 is 0 Å². The number of carbonyl (C=O) groups excluding carboxylic acids is 1. The number of piperidine rings is 1. The Balaban J connectivity index is 2.02. The predicted octanol–water partition coefficient (Wildman–Crippen LogP) is 1.89. The van der Waals surface area contributed by atoms with Gasteiger partial charge in [0.05, 0.1) is 17.6 Å². The van der Waals surface area contributed by atoms with E-state index in [4.69, 9.17) is 10.4 Å². The van der Waals surface area contributed by atoms with Crippen molar-refractivity contribution in [3.63, 3.8) is 0 Å². The van der Waals surface area contributed by atoms with Crippen molar-refractivity contribution in [3.05, 3.63) is 41.5 Å². The Labute approximate surface area is 123 Å². The van der Waals surface area contributed by atoms with Gasteiger partial charge in [0, 0.05) is 19.2 Å².